The standard InChI is InChI=1S/C18H20N2O5/c1-3-9-24-18(22)16-11(2)15-12(6-4-7-13(15)25-16)19-20-17(21)14-8-5-10-23-14/h5,8,10H,3-4,6-7,9H2,1-2H3,(H,20,21)/b19-12+. The Bertz CT molecular complexity index is 802. The van der Waals surface area contributed by atoms with Gasteiger partial charge in [0, 0.05) is 17.5 Å². The van der Waals surface area contributed by atoms with E-state index in [0.717, 1.165) is 24.8 Å². The summed E-state index contributed by atoms with van der Waals surface area (Å²) in [5.41, 5.74) is 4.67. The molecule has 1 N–H and O–H groups in total. The molecule has 0 fully saturated rings. The van der Waals surface area contributed by atoms with E-state index in [0.29, 0.717) is 30.1 Å². The monoisotopic (exact) mass is 344 g/mol. The summed E-state index contributed by atoms with van der Waals surface area (Å²) in [5, 5.41) is 4.22. The zero-order chi connectivity index (χ0) is 17.8. The zero-order valence-corrected chi connectivity index (χ0v) is 14.3. The molecule has 0 atom stereocenters. The Kier molecular flexibility index (Phi) is 5.02. The maximum absolute atomic E-state index is 12.1. The van der Waals surface area contributed by atoms with Gasteiger partial charge in [-0.1, -0.05) is 6.92 Å². The van der Waals surface area contributed by atoms with Gasteiger partial charge in [-0.05, 0) is 38.3 Å². The van der Waals surface area contributed by atoms with E-state index in [1.165, 1.54) is 6.26 Å². The lowest BCUT2D eigenvalue weighted by atomic mass is 9.93. The summed E-state index contributed by atoms with van der Waals surface area (Å²) >= 11 is 0. The highest BCUT2D eigenvalue weighted by Gasteiger charge is 2.28. The Morgan fingerprint density at radius 1 is 1.36 bits per heavy atom. The first kappa shape index (κ1) is 17.0. The molecule has 25 heavy (non-hydrogen) atoms. The average molecular weight is 344 g/mol. The summed E-state index contributed by atoms with van der Waals surface area (Å²) in [4.78, 5) is 24.1. The number of amides is 1. The summed E-state index contributed by atoms with van der Waals surface area (Å²) in [7, 11) is 0. The van der Waals surface area contributed by atoms with E-state index < -0.39 is 11.9 Å². The molecule has 2 heterocycles. The van der Waals surface area contributed by atoms with Crippen molar-refractivity contribution in [3.8, 4) is 0 Å². The summed E-state index contributed by atoms with van der Waals surface area (Å²) in [5.74, 6) is 0.220. The number of hydrazone groups is 1. The molecule has 0 saturated carbocycles. The number of fused-ring (bicyclic) bond motifs is 1. The number of carbonyl (C=O) groups excluding carboxylic acids is 2. The molecule has 1 aliphatic rings. The lowest BCUT2D eigenvalue weighted by Crippen LogP contribution is -2.21. The van der Waals surface area contributed by atoms with Crippen LogP contribution in [0.4, 0.5) is 0 Å². The van der Waals surface area contributed by atoms with E-state index in [1.54, 1.807) is 19.1 Å². The quantitative estimate of drug-likeness (QED) is 0.664. The van der Waals surface area contributed by atoms with E-state index in [1.807, 2.05) is 6.92 Å². The molecule has 132 valence electrons. The first-order chi connectivity index (χ1) is 12.1. The van der Waals surface area contributed by atoms with E-state index in [-0.39, 0.29) is 11.5 Å². The summed E-state index contributed by atoms with van der Waals surface area (Å²) in [6, 6.07) is 3.20. The van der Waals surface area contributed by atoms with Crippen LogP contribution in [-0.4, -0.2) is 24.2 Å². The van der Waals surface area contributed by atoms with E-state index in [4.69, 9.17) is 13.6 Å². The van der Waals surface area contributed by atoms with Gasteiger partial charge in [-0.3, -0.25) is 4.79 Å². The van der Waals surface area contributed by atoms with Gasteiger partial charge in [0.25, 0.3) is 0 Å². The van der Waals surface area contributed by atoms with Crippen LogP contribution in [0.5, 0.6) is 0 Å². The molecular formula is C18H20N2O5. The molecule has 0 spiro atoms. The fourth-order valence-corrected chi connectivity index (χ4v) is 2.82. The molecule has 7 heteroatoms. The van der Waals surface area contributed by atoms with Crippen molar-refractivity contribution >= 4 is 17.6 Å². The number of ether oxygens (including phenoxy) is 1. The topological polar surface area (TPSA) is 94.0 Å². The van der Waals surface area contributed by atoms with Crippen molar-refractivity contribution in [1.29, 1.82) is 0 Å². The number of esters is 1. The normalized spacial score (nSPS) is 15.0. The molecule has 0 bridgehead atoms. The minimum Gasteiger partial charge on any atom is -0.460 e. The van der Waals surface area contributed by atoms with Gasteiger partial charge in [0.2, 0.25) is 5.76 Å². The average Bonchev–Trinajstić information content (AvgIpc) is 3.26. The molecule has 2 aromatic rings. The number of nitrogens with one attached hydrogen (secondary N) is 1. The predicted octanol–water partition coefficient (Wildman–Crippen LogP) is 3.22. The van der Waals surface area contributed by atoms with E-state index in [9.17, 15) is 9.59 Å². The van der Waals surface area contributed by atoms with Gasteiger partial charge in [0.15, 0.2) is 5.76 Å². The van der Waals surface area contributed by atoms with Crippen LogP contribution in [0.15, 0.2) is 32.3 Å². The smallest absolute Gasteiger partial charge is 0.374 e. The maximum Gasteiger partial charge on any atom is 0.374 e. The predicted molar refractivity (Wildman–Crippen MR) is 89.7 cm³/mol. The van der Waals surface area contributed by atoms with Crippen LogP contribution >= 0.6 is 0 Å². The largest absolute Gasteiger partial charge is 0.460 e. The fraction of sp³-hybridized carbons (Fsp3) is 0.389. The van der Waals surface area contributed by atoms with Crippen molar-refractivity contribution in [3.05, 3.63) is 46.8 Å². The molecule has 2 aromatic heterocycles. The van der Waals surface area contributed by atoms with Crippen LogP contribution in [0.2, 0.25) is 0 Å². The molecule has 7 nitrogen and oxygen atoms in total. The van der Waals surface area contributed by atoms with Crippen LogP contribution in [0.1, 0.15) is 64.2 Å². The Hall–Kier alpha value is -2.83. The molecule has 0 saturated heterocycles. The SMILES string of the molecule is CCCOC(=O)c1oc2c(c1C)/C(=N/NC(=O)c1ccco1)CCC2. The Labute approximate surface area is 145 Å². The van der Waals surface area contributed by atoms with E-state index in [2.05, 4.69) is 10.5 Å². The highest BCUT2D eigenvalue weighted by atomic mass is 16.5. The number of aryl methyl sites for hydroxylation is 1. The summed E-state index contributed by atoms with van der Waals surface area (Å²) in [6.45, 7) is 4.09. The minimum atomic E-state index is -0.465. The first-order valence-electron chi connectivity index (χ1n) is 8.32. The summed E-state index contributed by atoms with van der Waals surface area (Å²) < 4.78 is 15.9. The van der Waals surface area contributed by atoms with Gasteiger partial charge in [-0.2, -0.15) is 5.10 Å². The van der Waals surface area contributed by atoms with Crippen molar-refractivity contribution in [2.75, 3.05) is 6.61 Å². The molecule has 1 aliphatic carbocycles. The van der Waals surface area contributed by atoms with Crippen molar-refractivity contribution in [2.45, 2.75) is 39.5 Å². The fourth-order valence-electron chi connectivity index (χ4n) is 2.82. The van der Waals surface area contributed by atoms with Crippen molar-refractivity contribution in [2.24, 2.45) is 5.10 Å². The second-order valence-corrected chi connectivity index (χ2v) is 5.82. The van der Waals surface area contributed by atoms with Gasteiger partial charge in [-0.25, -0.2) is 10.2 Å². The van der Waals surface area contributed by atoms with Gasteiger partial charge in [0.1, 0.15) is 5.76 Å². The lowest BCUT2D eigenvalue weighted by Gasteiger charge is -2.13. The van der Waals surface area contributed by atoms with Gasteiger partial charge in [-0.15, -0.1) is 0 Å². The van der Waals surface area contributed by atoms with Crippen LogP contribution in [0, 0.1) is 6.92 Å². The number of hydrogen-bond acceptors (Lipinski definition) is 6. The number of nitrogens with zero attached hydrogens (tertiary/aromatic N) is 1. The van der Waals surface area contributed by atoms with Gasteiger partial charge < -0.3 is 13.6 Å². The molecule has 0 aliphatic heterocycles. The number of rotatable bonds is 5. The number of carbonyl (C=O) groups is 2. The van der Waals surface area contributed by atoms with Crippen molar-refractivity contribution < 1.29 is 23.2 Å². The highest BCUT2D eigenvalue weighted by Crippen LogP contribution is 2.30. The molecule has 0 radical (unpaired) electrons. The third kappa shape index (κ3) is 3.50. The second kappa shape index (κ2) is 7.38. The molecule has 3 rings (SSSR count). The minimum absolute atomic E-state index is 0.188. The number of furan rings is 2. The Balaban J connectivity index is 1.83. The second-order valence-electron chi connectivity index (χ2n) is 5.82. The highest BCUT2D eigenvalue weighted by molar-refractivity contribution is 6.06. The van der Waals surface area contributed by atoms with Crippen molar-refractivity contribution in [3.63, 3.8) is 0 Å². The molecule has 1 amide bonds. The zero-order valence-electron chi connectivity index (χ0n) is 14.3. The molecular weight excluding hydrogens is 324 g/mol. The van der Waals surface area contributed by atoms with E-state index >= 15 is 0 Å². The Morgan fingerprint density at radius 2 is 2.20 bits per heavy atom. The van der Waals surface area contributed by atoms with Gasteiger partial charge in [0.05, 0.1) is 18.6 Å². The molecule has 0 unspecified atom stereocenters. The lowest BCUT2D eigenvalue weighted by molar-refractivity contribution is 0.0465. The first-order valence-corrected chi connectivity index (χ1v) is 8.32. The Morgan fingerprint density at radius 3 is 2.92 bits per heavy atom. The third-order valence-corrected chi connectivity index (χ3v) is 3.99. The van der Waals surface area contributed by atoms with Crippen molar-refractivity contribution in [1.82, 2.24) is 5.43 Å². The molecule has 0 aromatic carbocycles. The van der Waals surface area contributed by atoms with Crippen LogP contribution in [0.25, 0.3) is 0 Å². The number of hydrogen-bond donors (Lipinski definition) is 1. The third-order valence-electron chi connectivity index (χ3n) is 3.99. The van der Waals surface area contributed by atoms with Gasteiger partial charge >= 0.3 is 11.9 Å². The maximum atomic E-state index is 12.1. The summed E-state index contributed by atoms with van der Waals surface area (Å²) in [6.07, 6.45) is 4.42. The van der Waals surface area contributed by atoms with Crippen LogP contribution in [-0.2, 0) is 11.2 Å². The van der Waals surface area contributed by atoms with Crippen LogP contribution in [0.3, 0.4) is 0 Å². The van der Waals surface area contributed by atoms with Crippen LogP contribution < -0.4 is 5.43 Å².